The molecule has 4 rings (SSSR count). The van der Waals surface area contributed by atoms with Gasteiger partial charge in [-0.15, -0.1) is 0 Å². The Bertz CT molecular complexity index is 797. The fraction of sp³-hybridized carbons (Fsp3) is 0.562. The maximum atomic E-state index is 5.04. The minimum absolute atomic E-state index is 0.118. The summed E-state index contributed by atoms with van der Waals surface area (Å²) in [5, 5.41) is 3.58. The van der Waals surface area contributed by atoms with Crippen molar-refractivity contribution >= 4 is 64.8 Å². The molecule has 1 N–H and O–H groups in total. The maximum absolute atomic E-state index is 5.04. The second-order valence-corrected chi connectivity index (χ2v) is 9.40. The van der Waals surface area contributed by atoms with Crippen molar-refractivity contribution < 1.29 is 0 Å². The van der Waals surface area contributed by atoms with Crippen molar-refractivity contribution in [1.82, 2.24) is 14.9 Å². The minimum Gasteiger partial charge on any atom is -0.339 e. The van der Waals surface area contributed by atoms with E-state index in [9.17, 15) is 0 Å². The molecule has 2 aromatic rings. The molecule has 4 nitrogen and oxygen atoms in total. The van der Waals surface area contributed by atoms with Gasteiger partial charge in [0.2, 0.25) is 5.95 Å². The Labute approximate surface area is 161 Å². The molecular formula is C16H19Br3N4. The van der Waals surface area contributed by atoms with Crippen molar-refractivity contribution in [3.05, 3.63) is 19.0 Å². The number of hydrogen-bond donors (Lipinski definition) is 1. The molecule has 124 valence electrons. The van der Waals surface area contributed by atoms with Crippen molar-refractivity contribution in [2.75, 3.05) is 24.5 Å². The molecule has 0 radical (unpaired) electrons. The van der Waals surface area contributed by atoms with Gasteiger partial charge >= 0.3 is 0 Å². The lowest BCUT2D eigenvalue weighted by atomic mass is 10.0. The second-order valence-electron chi connectivity index (χ2n) is 7.02. The predicted octanol–water partition coefficient (Wildman–Crippen LogP) is 4.46. The molecule has 1 aromatic heterocycles. The number of imidazole rings is 1. The van der Waals surface area contributed by atoms with E-state index in [1.54, 1.807) is 0 Å². The average molecular weight is 507 g/mol. The quantitative estimate of drug-likeness (QED) is 0.580. The summed E-state index contributed by atoms with van der Waals surface area (Å²) in [7, 11) is 0. The van der Waals surface area contributed by atoms with Crippen LogP contribution in [-0.4, -0.2) is 34.7 Å². The molecule has 3 heterocycles. The molecule has 0 bridgehead atoms. The molecule has 0 amide bonds. The highest BCUT2D eigenvalue weighted by Gasteiger charge is 2.31. The maximum Gasteiger partial charge on any atom is 0.206 e. The van der Waals surface area contributed by atoms with E-state index in [2.05, 4.69) is 76.4 Å². The van der Waals surface area contributed by atoms with E-state index < -0.39 is 0 Å². The number of piperazine rings is 1. The molecule has 1 fully saturated rings. The fourth-order valence-electron chi connectivity index (χ4n) is 3.74. The number of anilines is 1. The van der Waals surface area contributed by atoms with Crippen molar-refractivity contribution in [3.63, 3.8) is 0 Å². The van der Waals surface area contributed by atoms with Gasteiger partial charge in [0, 0.05) is 40.7 Å². The first-order chi connectivity index (χ1) is 10.9. The SMILES string of the molecule is CC1(C)CN(c2nc3c(Br)c(Br)c(Br)c4c3n2CCC4)CCN1. The predicted molar refractivity (Wildman–Crippen MR) is 105 cm³/mol. The first-order valence-electron chi connectivity index (χ1n) is 7.94. The van der Waals surface area contributed by atoms with Crippen LogP contribution in [0.15, 0.2) is 13.4 Å². The summed E-state index contributed by atoms with van der Waals surface area (Å²) in [6, 6.07) is 0. The molecule has 0 spiro atoms. The summed E-state index contributed by atoms with van der Waals surface area (Å²) in [5.74, 6) is 1.11. The van der Waals surface area contributed by atoms with Gasteiger partial charge in [-0.25, -0.2) is 4.98 Å². The molecule has 7 heteroatoms. The average Bonchev–Trinajstić information content (AvgIpc) is 2.90. The monoisotopic (exact) mass is 504 g/mol. The van der Waals surface area contributed by atoms with E-state index in [4.69, 9.17) is 4.98 Å². The highest BCUT2D eigenvalue weighted by atomic mass is 79.9. The highest BCUT2D eigenvalue weighted by Crippen LogP contribution is 2.44. The van der Waals surface area contributed by atoms with Gasteiger partial charge in [-0.05, 0) is 80.0 Å². The molecule has 0 aliphatic carbocycles. The number of benzene rings is 1. The van der Waals surface area contributed by atoms with Gasteiger partial charge in [0.15, 0.2) is 0 Å². The highest BCUT2D eigenvalue weighted by molar-refractivity contribution is 9.14. The number of nitrogens with zero attached hydrogens (tertiary/aromatic N) is 3. The topological polar surface area (TPSA) is 33.1 Å². The van der Waals surface area contributed by atoms with Gasteiger partial charge in [0.05, 0.1) is 9.99 Å². The molecular weight excluding hydrogens is 488 g/mol. The summed E-state index contributed by atoms with van der Waals surface area (Å²) < 4.78 is 5.68. The molecule has 2 aliphatic rings. The number of nitrogens with one attached hydrogen (secondary N) is 1. The van der Waals surface area contributed by atoms with Crippen LogP contribution >= 0.6 is 47.8 Å². The van der Waals surface area contributed by atoms with E-state index >= 15 is 0 Å². The lowest BCUT2D eigenvalue weighted by molar-refractivity contribution is 0.348. The summed E-state index contributed by atoms with van der Waals surface area (Å²) in [5.41, 5.74) is 3.84. The lowest BCUT2D eigenvalue weighted by Crippen LogP contribution is -2.57. The molecule has 23 heavy (non-hydrogen) atoms. The summed E-state index contributed by atoms with van der Waals surface area (Å²) in [6.07, 6.45) is 2.26. The smallest absolute Gasteiger partial charge is 0.206 e. The largest absolute Gasteiger partial charge is 0.339 e. The third kappa shape index (κ3) is 2.58. The van der Waals surface area contributed by atoms with E-state index in [0.717, 1.165) is 63.9 Å². The molecule has 0 saturated carbocycles. The normalized spacial score (nSPS) is 20.3. The van der Waals surface area contributed by atoms with Crippen molar-refractivity contribution in [1.29, 1.82) is 0 Å². The van der Waals surface area contributed by atoms with Gasteiger partial charge in [0.25, 0.3) is 0 Å². The van der Waals surface area contributed by atoms with Crippen molar-refractivity contribution in [2.24, 2.45) is 0 Å². The van der Waals surface area contributed by atoms with Crippen LogP contribution in [0.1, 0.15) is 25.8 Å². The van der Waals surface area contributed by atoms with Crippen LogP contribution in [0.2, 0.25) is 0 Å². The van der Waals surface area contributed by atoms with Gasteiger partial charge in [-0.1, -0.05) is 0 Å². The van der Waals surface area contributed by atoms with Crippen LogP contribution in [0.4, 0.5) is 5.95 Å². The molecule has 1 saturated heterocycles. The summed E-state index contributed by atoms with van der Waals surface area (Å²) >= 11 is 11.2. The Balaban J connectivity index is 1.93. The third-order valence-electron chi connectivity index (χ3n) is 4.75. The Kier molecular flexibility index (Phi) is 4.06. The number of hydrogen-bond acceptors (Lipinski definition) is 3. The zero-order valence-electron chi connectivity index (χ0n) is 13.2. The molecule has 0 unspecified atom stereocenters. The van der Waals surface area contributed by atoms with E-state index in [0.29, 0.717) is 0 Å². The first kappa shape index (κ1) is 16.4. The first-order valence-corrected chi connectivity index (χ1v) is 10.3. The zero-order valence-corrected chi connectivity index (χ0v) is 18.0. The van der Waals surface area contributed by atoms with Crippen LogP contribution in [-0.2, 0) is 13.0 Å². The molecule has 0 atom stereocenters. The standard InChI is InChI=1S/C16H19Br3N4/c1-16(2)8-22(7-5-20-16)15-21-13-12(19)11(18)10(17)9-4-3-6-23(15)14(9)13/h20H,3-8H2,1-2H3. The van der Waals surface area contributed by atoms with Crippen LogP contribution in [0.25, 0.3) is 11.0 Å². The van der Waals surface area contributed by atoms with E-state index in [1.165, 1.54) is 11.1 Å². The molecule has 2 aliphatic heterocycles. The number of halogens is 3. The minimum atomic E-state index is 0.118. The van der Waals surface area contributed by atoms with Crippen molar-refractivity contribution in [3.8, 4) is 0 Å². The Morgan fingerprint density at radius 1 is 1.09 bits per heavy atom. The van der Waals surface area contributed by atoms with Gasteiger partial charge in [-0.2, -0.15) is 0 Å². The summed E-state index contributed by atoms with van der Waals surface area (Å²) in [4.78, 5) is 7.47. The Hall–Kier alpha value is -0.110. The number of aromatic nitrogens is 2. The van der Waals surface area contributed by atoms with Crippen molar-refractivity contribution in [2.45, 2.75) is 38.8 Å². The van der Waals surface area contributed by atoms with Gasteiger partial charge in [-0.3, -0.25) is 0 Å². The Morgan fingerprint density at radius 2 is 1.87 bits per heavy atom. The number of rotatable bonds is 1. The van der Waals surface area contributed by atoms with Crippen LogP contribution < -0.4 is 10.2 Å². The van der Waals surface area contributed by atoms with E-state index in [1.807, 2.05) is 0 Å². The lowest BCUT2D eigenvalue weighted by Gasteiger charge is -2.40. The summed E-state index contributed by atoms with van der Waals surface area (Å²) in [6.45, 7) is 8.54. The van der Waals surface area contributed by atoms with Crippen LogP contribution in [0.5, 0.6) is 0 Å². The van der Waals surface area contributed by atoms with Gasteiger partial charge < -0.3 is 14.8 Å². The van der Waals surface area contributed by atoms with Crippen LogP contribution in [0.3, 0.4) is 0 Å². The fourth-order valence-corrected chi connectivity index (χ4v) is 5.50. The van der Waals surface area contributed by atoms with Gasteiger partial charge in [0.1, 0.15) is 5.52 Å². The Morgan fingerprint density at radius 3 is 2.61 bits per heavy atom. The molecule has 1 aromatic carbocycles. The third-order valence-corrected chi connectivity index (χ3v) is 8.26. The second kappa shape index (κ2) is 5.71. The zero-order chi connectivity index (χ0) is 16.4. The van der Waals surface area contributed by atoms with Crippen LogP contribution in [0, 0.1) is 0 Å². The number of aryl methyl sites for hydroxylation is 2. The van der Waals surface area contributed by atoms with E-state index in [-0.39, 0.29) is 5.54 Å².